The molecule has 0 fully saturated rings. The van der Waals surface area contributed by atoms with Gasteiger partial charge in [-0.05, 0) is 25.5 Å². The SMILES string of the molecule is CCOCCOc1cc(C)ccc1CNc1cnc(C(=O)O)cn1. The Morgan fingerprint density at radius 2 is 2.08 bits per heavy atom. The van der Waals surface area contributed by atoms with Gasteiger partial charge in [0.15, 0.2) is 5.69 Å². The normalized spacial score (nSPS) is 10.4. The van der Waals surface area contributed by atoms with Crippen molar-refractivity contribution in [3.8, 4) is 5.75 Å². The summed E-state index contributed by atoms with van der Waals surface area (Å²) in [5, 5.41) is 11.9. The Hall–Kier alpha value is -2.67. The molecule has 128 valence electrons. The van der Waals surface area contributed by atoms with E-state index in [-0.39, 0.29) is 5.69 Å². The van der Waals surface area contributed by atoms with Crippen LogP contribution in [0, 0.1) is 6.92 Å². The molecular weight excluding hydrogens is 310 g/mol. The Kier molecular flexibility index (Phi) is 6.51. The van der Waals surface area contributed by atoms with E-state index in [9.17, 15) is 4.79 Å². The Labute approximate surface area is 140 Å². The number of carboxylic acid groups (broad SMARTS) is 1. The van der Waals surface area contributed by atoms with Crippen molar-refractivity contribution < 1.29 is 19.4 Å². The van der Waals surface area contributed by atoms with Crippen molar-refractivity contribution in [2.75, 3.05) is 25.1 Å². The van der Waals surface area contributed by atoms with E-state index in [0.717, 1.165) is 16.9 Å². The van der Waals surface area contributed by atoms with Crippen LogP contribution in [0.1, 0.15) is 28.5 Å². The Morgan fingerprint density at radius 1 is 1.25 bits per heavy atom. The molecule has 0 atom stereocenters. The topological polar surface area (TPSA) is 93.6 Å². The van der Waals surface area contributed by atoms with Gasteiger partial charge in [0.05, 0.1) is 19.0 Å². The number of nitrogens with zero attached hydrogens (tertiary/aromatic N) is 2. The quantitative estimate of drug-likeness (QED) is 0.682. The number of carboxylic acids is 1. The van der Waals surface area contributed by atoms with Gasteiger partial charge in [0.2, 0.25) is 0 Å². The van der Waals surface area contributed by atoms with Gasteiger partial charge in [0, 0.05) is 18.7 Å². The first-order valence-electron chi connectivity index (χ1n) is 7.69. The second-order valence-corrected chi connectivity index (χ2v) is 5.10. The van der Waals surface area contributed by atoms with Crippen LogP contribution in [0.25, 0.3) is 0 Å². The minimum Gasteiger partial charge on any atom is -0.491 e. The summed E-state index contributed by atoms with van der Waals surface area (Å²) in [4.78, 5) is 18.6. The number of rotatable bonds is 9. The number of anilines is 1. The maximum Gasteiger partial charge on any atom is 0.356 e. The number of ether oxygens (including phenoxy) is 2. The summed E-state index contributed by atoms with van der Waals surface area (Å²) >= 11 is 0. The van der Waals surface area contributed by atoms with Crippen LogP contribution in [-0.2, 0) is 11.3 Å². The Morgan fingerprint density at radius 3 is 2.75 bits per heavy atom. The molecule has 0 aliphatic carbocycles. The summed E-state index contributed by atoms with van der Waals surface area (Å²) in [6.45, 7) is 6.13. The van der Waals surface area contributed by atoms with E-state index in [0.29, 0.717) is 32.2 Å². The molecule has 2 rings (SSSR count). The van der Waals surface area contributed by atoms with Gasteiger partial charge < -0.3 is 19.9 Å². The second kappa shape index (κ2) is 8.83. The lowest BCUT2D eigenvalue weighted by atomic mass is 10.1. The molecule has 0 unspecified atom stereocenters. The summed E-state index contributed by atoms with van der Waals surface area (Å²) < 4.78 is 11.1. The zero-order valence-electron chi connectivity index (χ0n) is 13.8. The summed E-state index contributed by atoms with van der Waals surface area (Å²) in [5.41, 5.74) is 1.99. The van der Waals surface area contributed by atoms with Crippen molar-refractivity contribution in [3.63, 3.8) is 0 Å². The van der Waals surface area contributed by atoms with Crippen LogP contribution in [0.3, 0.4) is 0 Å². The molecule has 24 heavy (non-hydrogen) atoms. The number of hydrogen-bond donors (Lipinski definition) is 2. The summed E-state index contributed by atoms with van der Waals surface area (Å²) in [6.07, 6.45) is 2.62. The lowest BCUT2D eigenvalue weighted by Gasteiger charge is -2.13. The number of carbonyl (C=O) groups is 1. The lowest BCUT2D eigenvalue weighted by molar-refractivity contribution is 0.0690. The molecule has 1 aromatic carbocycles. The first kappa shape index (κ1) is 17.7. The van der Waals surface area contributed by atoms with E-state index in [1.165, 1.54) is 12.4 Å². The van der Waals surface area contributed by atoms with E-state index in [2.05, 4.69) is 15.3 Å². The first-order valence-corrected chi connectivity index (χ1v) is 7.69. The van der Waals surface area contributed by atoms with Crippen molar-refractivity contribution in [2.45, 2.75) is 20.4 Å². The Balaban J connectivity index is 1.99. The highest BCUT2D eigenvalue weighted by Crippen LogP contribution is 2.21. The summed E-state index contributed by atoms with van der Waals surface area (Å²) in [5.74, 6) is 0.190. The molecule has 0 aliphatic rings. The van der Waals surface area contributed by atoms with Crippen molar-refractivity contribution in [2.24, 2.45) is 0 Å². The molecule has 1 aromatic heterocycles. The van der Waals surface area contributed by atoms with Gasteiger partial charge in [-0.1, -0.05) is 12.1 Å². The van der Waals surface area contributed by atoms with Crippen molar-refractivity contribution >= 4 is 11.8 Å². The number of aryl methyl sites for hydroxylation is 1. The predicted octanol–water partition coefficient (Wildman–Crippen LogP) is 2.51. The van der Waals surface area contributed by atoms with Gasteiger partial charge in [-0.2, -0.15) is 0 Å². The van der Waals surface area contributed by atoms with Crippen LogP contribution in [0.5, 0.6) is 5.75 Å². The van der Waals surface area contributed by atoms with Crippen molar-refractivity contribution in [1.29, 1.82) is 0 Å². The molecule has 0 saturated carbocycles. The van der Waals surface area contributed by atoms with Gasteiger partial charge >= 0.3 is 5.97 Å². The van der Waals surface area contributed by atoms with E-state index in [1.807, 2.05) is 32.0 Å². The third-order valence-electron chi connectivity index (χ3n) is 3.24. The van der Waals surface area contributed by atoms with Gasteiger partial charge in [0.1, 0.15) is 18.2 Å². The number of hydrogen-bond acceptors (Lipinski definition) is 6. The third kappa shape index (κ3) is 5.20. The molecule has 2 aromatic rings. The van der Waals surface area contributed by atoms with Crippen LogP contribution in [0.2, 0.25) is 0 Å². The maximum atomic E-state index is 10.8. The van der Waals surface area contributed by atoms with E-state index >= 15 is 0 Å². The summed E-state index contributed by atoms with van der Waals surface area (Å²) in [7, 11) is 0. The highest BCUT2D eigenvalue weighted by atomic mass is 16.5. The van der Waals surface area contributed by atoms with Crippen LogP contribution in [0.4, 0.5) is 5.82 Å². The number of benzene rings is 1. The molecule has 0 bridgehead atoms. The van der Waals surface area contributed by atoms with E-state index < -0.39 is 5.97 Å². The number of nitrogens with one attached hydrogen (secondary N) is 1. The average molecular weight is 331 g/mol. The van der Waals surface area contributed by atoms with Crippen LogP contribution in [-0.4, -0.2) is 40.9 Å². The molecule has 0 radical (unpaired) electrons. The van der Waals surface area contributed by atoms with Crippen molar-refractivity contribution in [3.05, 3.63) is 47.4 Å². The van der Waals surface area contributed by atoms with E-state index in [1.54, 1.807) is 0 Å². The largest absolute Gasteiger partial charge is 0.491 e. The zero-order valence-corrected chi connectivity index (χ0v) is 13.8. The summed E-state index contributed by atoms with van der Waals surface area (Å²) in [6, 6.07) is 5.96. The fourth-order valence-electron chi connectivity index (χ4n) is 2.01. The fourth-order valence-corrected chi connectivity index (χ4v) is 2.01. The molecular formula is C17H21N3O4. The number of aromatic nitrogens is 2. The molecule has 1 heterocycles. The minimum atomic E-state index is -1.10. The van der Waals surface area contributed by atoms with Crippen LogP contribution in [0.15, 0.2) is 30.6 Å². The average Bonchev–Trinajstić information content (AvgIpc) is 2.58. The van der Waals surface area contributed by atoms with E-state index in [4.69, 9.17) is 14.6 Å². The molecule has 0 aliphatic heterocycles. The molecule has 0 amide bonds. The van der Waals surface area contributed by atoms with Crippen molar-refractivity contribution in [1.82, 2.24) is 9.97 Å². The maximum absolute atomic E-state index is 10.8. The second-order valence-electron chi connectivity index (χ2n) is 5.10. The molecule has 7 nitrogen and oxygen atoms in total. The monoisotopic (exact) mass is 331 g/mol. The molecule has 2 N–H and O–H groups in total. The Bertz CT molecular complexity index is 674. The number of aromatic carboxylic acids is 1. The van der Waals surface area contributed by atoms with Gasteiger partial charge in [-0.3, -0.25) is 0 Å². The first-order chi connectivity index (χ1) is 11.6. The zero-order chi connectivity index (χ0) is 17.4. The highest BCUT2D eigenvalue weighted by molar-refractivity contribution is 5.84. The minimum absolute atomic E-state index is 0.0872. The van der Waals surface area contributed by atoms with Crippen LogP contribution < -0.4 is 10.1 Å². The smallest absolute Gasteiger partial charge is 0.356 e. The fraction of sp³-hybridized carbons (Fsp3) is 0.353. The van der Waals surface area contributed by atoms with Gasteiger partial charge in [0.25, 0.3) is 0 Å². The molecule has 0 spiro atoms. The van der Waals surface area contributed by atoms with Gasteiger partial charge in [-0.15, -0.1) is 0 Å². The van der Waals surface area contributed by atoms with Crippen LogP contribution >= 0.6 is 0 Å². The highest BCUT2D eigenvalue weighted by Gasteiger charge is 2.07. The van der Waals surface area contributed by atoms with Gasteiger partial charge in [-0.25, -0.2) is 14.8 Å². The third-order valence-corrected chi connectivity index (χ3v) is 3.24. The predicted molar refractivity (Wildman–Crippen MR) is 89.5 cm³/mol. The lowest BCUT2D eigenvalue weighted by Crippen LogP contribution is -2.10. The molecule has 0 saturated heterocycles. The standard InChI is InChI=1S/C17H21N3O4/c1-3-23-6-7-24-15-8-12(2)4-5-13(15)9-19-16-11-18-14(10-20-16)17(21)22/h4-5,8,10-11H,3,6-7,9H2,1-2H3,(H,19,20)(H,21,22). The molecule has 7 heteroatoms.